The SMILES string of the molecule is COc1ccccc1CC(=O)Oc1c(Cl)cc(Cl)c2ccc(C)nc12. The minimum absolute atomic E-state index is 0.0519. The minimum atomic E-state index is -0.460. The summed E-state index contributed by atoms with van der Waals surface area (Å²) in [5.74, 6) is 0.378. The highest BCUT2D eigenvalue weighted by Gasteiger charge is 2.17. The number of methoxy groups -OCH3 is 1. The van der Waals surface area contributed by atoms with Gasteiger partial charge in [0.25, 0.3) is 0 Å². The molecule has 0 N–H and O–H groups in total. The van der Waals surface area contributed by atoms with Crippen LogP contribution in [0.4, 0.5) is 0 Å². The van der Waals surface area contributed by atoms with Crippen LogP contribution in [0.25, 0.3) is 10.9 Å². The normalized spacial score (nSPS) is 10.7. The van der Waals surface area contributed by atoms with Crippen LogP contribution in [0.5, 0.6) is 11.5 Å². The summed E-state index contributed by atoms with van der Waals surface area (Å²) in [7, 11) is 1.56. The summed E-state index contributed by atoms with van der Waals surface area (Å²) in [6.07, 6.45) is 0.0519. The van der Waals surface area contributed by atoms with Crippen molar-refractivity contribution in [2.24, 2.45) is 0 Å². The Morgan fingerprint density at radius 2 is 1.88 bits per heavy atom. The highest BCUT2D eigenvalue weighted by atomic mass is 35.5. The first-order valence-electron chi connectivity index (χ1n) is 7.57. The first kappa shape index (κ1) is 17.5. The summed E-state index contributed by atoms with van der Waals surface area (Å²) in [6.45, 7) is 1.84. The van der Waals surface area contributed by atoms with Crippen LogP contribution in [0.3, 0.4) is 0 Å². The van der Waals surface area contributed by atoms with Gasteiger partial charge in [-0.15, -0.1) is 0 Å². The molecule has 0 bridgehead atoms. The molecule has 2 aromatic carbocycles. The second kappa shape index (κ2) is 7.30. The van der Waals surface area contributed by atoms with Crippen molar-refractivity contribution in [3.63, 3.8) is 0 Å². The first-order valence-corrected chi connectivity index (χ1v) is 8.33. The van der Waals surface area contributed by atoms with Crippen molar-refractivity contribution in [2.75, 3.05) is 7.11 Å². The van der Waals surface area contributed by atoms with Gasteiger partial charge in [0.05, 0.1) is 23.6 Å². The van der Waals surface area contributed by atoms with Gasteiger partial charge in [-0.05, 0) is 31.2 Å². The second-order valence-corrected chi connectivity index (χ2v) is 6.30. The smallest absolute Gasteiger partial charge is 0.315 e. The number of nitrogens with zero attached hydrogens (tertiary/aromatic N) is 1. The van der Waals surface area contributed by atoms with Crippen LogP contribution < -0.4 is 9.47 Å². The number of halogens is 2. The summed E-state index contributed by atoms with van der Waals surface area (Å²) in [5, 5.41) is 1.37. The third-order valence-corrected chi connectivity index (χ3v) is 4.31. The molecule has 0 atom stereocenters. The zero-order chi connectivity index (χ0) is 18.0. The standard InChI is InChI=1S/C19H15Cl2NO3/c1-11-7-8-13-14(20)10-15(21)19(18(13)22-11)25-17(23)9-12-5-3-4-6-16(12)24-2/h3-8,10H,9H2,1-2H3. The summed E-state index contributed by atoms with van der Waals surface area (Å²) in [5.41, 5.74) is 1.97. The third kappa shape index (κ3) is 3.70. The topological polar surface area (TPSA) is 48.4 Å². The molecule has 3 aromatic rings. The van der Waals surface area contributed by atoms with Crippen LogP contribution in [-0.2, 0) is 11.2 Å². The van der Waals surface area contributed by atoms with Crippen LogP contribution in [-0.4, -0.2) is 18.1 Å². The lowest BCUT2D eigenvalue weighted by atomic mass is 10.1. The zero-order valence-electron chi connectivity index (χ0n) is 13.7. The van der Waals surface area contributed by atoms with E-state index in [1.165, 1.54) is 0 Å². The maximum Gasteiger partial charge on any atom is 0.315 e. The Bertz CT molecular complexity index is 957. The Balaban J connectivity index is 1.95. The Labute approximate surface area is 155 Å². The zero-order valence-corrected chi connectivity index (χ0v) is 15.2. The van der Waals surface area contributed by atoms with Crippen molar-refractivity contribution < 1.29 is 14.3 Å². The quantitative estimate of drug-likeness (QED) is 0.475. The van der Waals surface area contributed by atoms with E-state index in [0.717, 1.165) is 11.3 Å². The molecule has 4 nitrogen and oxygen atoms in total. The van der Waals surface area contributed by atoms with E-state index in [1.54, 1.807) is 19.2 Å². The van der Waals surface area contributed by atoms with Crippen molar-refractivity contribution in [3.8, 4) is 11.5 Å². The van der Waals surface area contributed by atoms with Crippen molar-refractivity contribution in [2.45, 2.75) is 13.3 Å². The van der Waals surface area contributed by atoms with Gasteiger partial charge in [-0.2, -0.15) is 0 Å². The summed E-state index contributed by atoms with van der Waals surface area (Å²) < 4.78 is 10.8. The second-order valence-electron chi connectivity index (χ2n) is 5.48. The average Bonchev–Trinajstić information content (AvgIpc) is 2.59. The largest absolute Gasteiger partial charge is 0.496 e. The van der Waals surface area contributed by atoms with Crippen LogP contribution >= 0.6 is 23.2 Å². The predicted octanol–water partition coefficient (Wildman–Crippen LogP) is 5.01. The molecule has 0 radical (unpaired) electrons. The van der Waals surface area contributed by atoms with Gasteiger partial charge >= 0.3 is 5.97 Å². The van der Waals surface area contributed by atoms with Crippen molar-refractivity contribution >= 4 is 40.1 Å². The lowest BCUT2D eigenvalue weighted by Crippen LogP contribution is -2.13. The maximum atomic E-state index is 12.4. The number of ether oxygens (including phenoxy) is 2. The lowest BCUT2D eigenvalue weighted by Gasteiger charge is -2.12. The summed E-state index contributed by atoms with van der Waals surface area (Å²) in [6, 6.07) is 12.5. The molecule has 0 saturated carbocycles. The van der Waals surface area contributed by atoms with E-state index in [4.69, 9.17) is 32.7 Å². The van der Waals surface area contributed by atoms with Crippen LogP contribution in [0, 0.1) is 6.92 Å². The van der Waals surface area contributed by atoms with E-state index >= 15 is 0 Å². The number of pyridine rings is 1. The van der Waals surface area contributed by atoms with E-state index in [2.05, 4.69) is 4.98 Å². The fourth-order valence-corrected chi connectivity index (χ4v) is 3.10. The van der Waals surface area contributed by atoms with E-state index in [-0.39, 0.29) is 17.2 Å². The minimum Gasteiger partial charge on any atom is -0.496 e. The summed E-state index contributed by atoms with van der Waals surface area (Å²) in [4.78, 5) is 16.8. The van der Waals surface area contributed by atoms with Crippen LogP contribution in [0.2, 0.25) is 10.0 Å². The molecule has 0 spiro atoms. The van der Waals surface area contributed by atoms with Gasteiger partial charge in [0.1, 0.15) is 11.3 Å². The van der Waals surface area contributed by atoms with Gasteiger partial charge in [0.2, 0.25) is 0 Å². The van der Waals surface area contributed by atoms with Gasteiger partial charge in [-0.1, -0.05) is 41.4 Å². The molecular weight excluding hydrogens is 361 g/mol. The van der Waals surface area contributed by atoms with Crippen molar-refractivity contribution in [3.05, 3.63) is 63.8 Å². The number of fused-ring (bicyclic) bond motifs is 1. The fourth-order valence-electron chi connectivity index (χ4n) is 2.54. The van der Waals surface area contributed by atoms with Crippen molar-refractivity contribution in [1.29, 1.82) is 0 Å². The molecule has 0 saturated heterocycles. The molecule has 0 amide bonds. The lowest BCUT2D eigenvalue weighted by molar-refractivity contribution is -0.133. The van der Waals surface area contributed by atoms with Gasteiger partial charge < -0.3 is 9.47 Å². The monoisotopic (exact) mass is 375 g/mol. The van der Waals surface area contributed by atoms with E-state index in [1.807, 2.05) is 37.3 Å². The molecule has 0 fully saturated rings. The number of benzene rings is 2. The summed E-state index contributed by atoms with van der Waals surface area (Å²) >= 11 is 12.5. The number of carbonyl (C=O) groups excluding carboxylic acids is 1. The number of hydrogen-bond donors (Lipinski definition) is 0. The van der Waals surface area contributed by atoms with Crippen LogP contribution in [0.1, 0.15) is 11.3 Å². The van der Waals surface area contributed by atoms with E-state index in [9.17, 15) is 4.79 Å². The molecule has 25 heavy (non-hydrogen) atoms. The molecule has 0 aliphatic rings. The Kier molecular flexibility index (Phi) is 5.11. The average molecular weight is 376 g/mol. The molecule has 0 aliphatic carbocycles. The molecule has 1 heterocycles. The van der Waals surface area contributed by atoms with Gasteiger partial charge in [0.15, 0.2) is 5.75 Å². The Morgan fingerprint density at radius 3 is 2.64 bits per heavy atom. The molecule has 0 aliphatic heterocycles. The molecule has 128 valence electrons. The number of hydrogen-bond acceptors (Lipinski definition) is 4. The highest BCUT2D eigenvalue weighted by molar-refractivity contribution is 6.39. The van der Waals surface area contributed by atoms with Gasteiger partial charge in [-0.25, -0.2) is 4.98 Å². The van der Waals surface area contributed by atoms with Gasteiger partial charge in [0, 0.05) is 16.6 Å². The number of aryl methyl sites for hydroxylation is 1. The Morgan fingerprint density at radius 1 is 1.12 bits per heavy atom. The molecular formula is C19H15Cl2NO3. The number of rotatable bonds is 4. The highest BCUT2D eigenvalue weighted by Crippen LogP contribution is 2.37. The number of aromatic nitrogens is 1. The maximum absolute atomic E-state index is 12.4. The number of para-hydroxylation sites is 1. The molecule has 1 aromatic heterocycles. The fraction of sp³-hybridized carbons (Fsp3) is 0.158. The predicted molar refractivity (Wildman–Crippen MR) is 98.8 cm³/mol. The molecule has 0 unspecified atom stereocenters. The van der Waals surface area contributed by atoms with Crippen LogP contribution in [0.15, 0.2) is 42.5 Å². The molecule has 3 rings (SSSR count). The van der Waals surface area contributed by atoms with E-state index in [0.29, 0.717) is 21.7 Å². The van der Waals surface area contributed by atoms with Gasteiger partial charge in [-0.3, -0.25) is 4.79 Å². The van der Waals surface area contributed by atoms with E-state index < -0.39 is 5.97 Å². The first-order chi connectivity index (χ1) is 12.0. The third-order valence-electron chi connectivity index (χ3n) is 3.72. The van der Waals surface area contributed by atoms with Crippen molar-refractivity contribution in [1.82, 2.24) is 4.98 Å². The molecule has 6 heteroatoms. The number of carbonyl (C=O) groups is 1. The Hall–Kier alpha value is -2.30. The number of esters is 1.